The number of halogens is 5. The molecule has 0 saturated heterocycles. The zero-order chi connectivity index (χ0) is 15.6. The maximum atomic E-state index is 13.5. The molecular weight excluding hydrogens is 310 g/mol. The maximum Gasteiger partial charge on any atom is 0.416 e. The number of nitrogens with two attached hydrogens (primary N) is 1. The van der Waals surface area contributed by atoms with Crippen molar-refractivity contribution in [2.24, 2.45) is 0 Å². The molecule has 0 fully saturated rings. The largest absolute Gasteiger partial charge is 0.484 e. The third kappa shape index (κ3) is 3.58. The molecule has 0 aliphatic rings. The summed E-state index contributed by atoms with van der Waals surface area (Å²) in [7, 11) is 0. The molecule has 0 aromatic heterocycles. The van der Waals surface area contributed by atoms with Crippen LogP contribution in [-0.4, -0.2) is 0 Å². The summed E-state index contributed by atoms with van der Waals surface area (Å²) in [5, 5.41) is -0.0148. The Kier molecular flexibility index (Phi) is 4.27. The third-order valence-electron chi connectivity index (χ3n) is 2.73. The van der Waals surface area contributed by atoms with Gasteiger partial charge in [0.25, 0.3) is 0 Å². The van der Waals surface area contributed by atoms with Gasteiger partial charge in [0.1, 0.15) is 6.61 Å². The van der Waals surface area contributed by atoms with Crippen molar-refractivity contribution in [3.8, 4) is 5.75 Å². The number of hydrogen-bond acceptors (Lipinski definition) is 2. The zero-order valence-corrected chi connectivity index (χ0v) is 11.3. The van der Waals surface area contributed by atoms with Crippen LogP contribution in [0.5, 0.6) is 5.75 Å². The van der Waals surface area contributed by atoms with Crippen LogP contribution in [0.3, 0.4) is 0 Å². The highest BCUT2D eigenvalue weighted by Crippen LogP contribution is 2.34. The Morgan fingerprint density at radius 1 is 1.14 bits per heavy atom. The van der Waals surface area contributed by atoms with Gasteiger partial charge in [-0.05, 0) is 24.3 Å². The average molecular weight is 320 g/mol. The minimum absolute atomic E-state index is 0.0148. The summed E-state index contributed by atoms with van der Waals surface area (Å²) in [6.07, 6.45) is -4.58. The van der Waals surface area contributed by atoms with Crippen molar-refractivity contribution >= 4 is 17.3 Å². The lowest BCUT2D eigenvalue weighted by Gasteiger charge is -2.15. The smallest absolute Gasteiger partial charge is 0.416 e. The topological polar surface area (TPSA) is 35.2 Å². The van der Waals surface area contributed by atoms with Gasteiger partial charge in [0, 0.05) is 11.3 Å². The quantitative estimate of drug-likeness (QED) is 0.659. The number of rotatable bonds is 3. The molecule has 112 valence electrons. The van der Waals surface area contributed by atoms with Crippen LogP contribution in [0.1, 0.15) is 11.1 Å². The molecule has 2 aromatic rings. The molecule has 7 heteroatoms. The van der Waals surface area contributed by atoms with E-state index in [1.54, 1.807) is 0 Å². The van der Waals surface area contributed by atoms with E-state index in [9.17, 15) is 17.6 Å². The fourth-order valence-corrected chi connectivity index (χ4v) is 1.97. The lowest BCUT2D eigenvalue weighted by molar-refractivity contribution is -0.138. The first-order valence-electron chi connectivity index (χ1n) is 5.81. The Balaban J connectivity index is 2.29. The van der Waals surface area contributed by atoms with Gasteiger partial charge in [-0.3, -0.25) is 0 Å². The van der Waals surface area contributed by atoms with Gasteiger partial charge in [-0.2, -0.15) is 13.2 Å². The van der Waals surface area contributed by atoms with Crippen LogP contribution >= 0.6 is 11.6 Å². The standard InChI is InChI=1S/C14H10ClF4NO/c15-11-2-1-3-12(16)13(11)21-7-8-4-5-9(20)6-10(8)14(17,18)19/h1-6H,7,20H2. The monoisotopic (exact) mass is 319 g/mol. The molecule has 2 aromatic carbocycles. The second-order valence-electron chi connectivity index (χ2n) is 4.25. The predicted octanol–water partition coefficient (Wildman–Crippen LogP) is 4.66. The highest BCUT2D eigenvalue weighted by Gasteiger charge is 2.33. The normalized spacial score (nSPS) is 11.5. The van der Waals surface area contributed by atoms with Gasteiger partial charge < -0.3 is 10.5 Å². The van der Waals surface area contributed by atoms with E-state index in [2.05, 4.69) is 0 Å². The Hall–Kier alpha value is -1.95. The van der Waals surface area contributed by atoms with Gasteiger partial charge in [0.2, 0.25) is 0 Å². The molecule has 21 heavy (non-hydrogen) atoms. The van der Waals surface area contributed by atoms with E-state index in [0.29, 0.717) is 0 Å². The fourth-order valence-electron chi connectivity index (χ4n) is 1.75. The van der Waals surface area contributed by atoms with E-state index < -0.39 is 24.2 Å². The van der Waals surface area contributed by atoms with Crippen LogP contribution in [0.25, 0.3) is 0 Å². The summed E-state index contributed by atoms with van der Waals surface area (Å²) in [6.45, 7) is -0.476. The van der Waals surface area contributed by atoms with Crippen LogP contribution < -0.4 is 10.5 Å². The SMILES string of the molecule is Nc1ccc(COc2c(F)cccc2Cl)c(C(F)(F)F)c1. The molecule has 0 heterocycles. The lowest BCUT2D eigenvalue weighted by Crippen LogP contribution is -2.12. The van der Waals surface area contributed by atoms with Crippen LogP contribution in [0.2, 0.25) is 5.02 Å². The molecule has 2 rings (SSSR count). The second kappa shape index (κ2) is 5.81. The highest BCUT2D eigenvalue weighted by atomic mass is 35.5. The summed E-state index contributed by atoms with van der Waals surface area (Å²) in [5.74, 6) is -1.03. The summed E-state index contributed by atoms with van der Waals surface area (Å²) in [5.41, 5.74) is 4.26. The molecule has 0 radical (unpaired) electrons. The van der Waals surface area contributed by atoms with E-state index in [1.165, 1.54) is 24.3 Å². The Morgan fingerprint density at radius 2 is 1.86 bits per heavy atom. The number of hydrogen-bond donors (Lipinski definition) is 1. The molecule has 0 amide bonds. The first-order chi connectivity index (χ1) is 9.79. The van der Waals surface area contributed by atoms with Gasteiger partial charge in [-0.25, -0.2) is 4.39 Å². The number of benzene rings is 2. The number of nitrogen functional groups attached to an aromatic ring is 1. The summed E-state index contributed by atoms with van der Waals surface area (Å²) in [6, 6.07) is 7.17. The summed E-state index contributed by atoms with van der Waals surface area (Å²) >= 11 is 5.74. The number of alkyl halides is 3. The average Bonchev–Trinajstić information content (AvgIpc) is 2.38. The van der Waals surface area contributed by atoms with E-state index in [0.717, 1.165) is 12.1 Å². The van der Waals surface area contributed by atoms with E-state index in [-0.39, 0.29) is 22.0 Å². The molecule has 2 N–H and O–H groups in total. The molecule has 0 aliphatic carbocycles. The summed E-state index contributed by atoms with van der Waals surface area (Å²) < 4.78 is 57.3. The van der Waals surface area contributed by atoms with Gasteiger partial charge in [0.05, 0.1) is 10.6 Å². The van der Waals surface area contributed by atoms with Crippen molar-refractivity contribution in [2.75, 3.05) is 5.73 Å². The number of anilines is 1. The van der Waals surface area contributed by atoms with Crippen LogP contribution in [-0.2, 0) is 12.8 Å². The summed E-state index contributed by atoms with van der Waals surface area (Å²) in [4.78, 5) is 0. The Bertz CT molecular complexity index is 638. The second-order valence-corrected chi connectivity index (χ2v) is 4.66. The number of ether oxygens (including phenoxy) is 1. The van der Waals surface area contributed by atoms with Gasteiger partial charge in [-0.1, -0.05) is 23.7 Å². The van der Waals surface area contributed by atoms with Gasteiger partial charge >= 0.3 is 6.18 Å². The third-order valence-corrected chi connectivity index (χ3v) is 3.03. The van der Waals surface area contributed by atoms with Crippen molar-refractivity contribution in [3.63, 3.8) is 0 Å². The van der Waals surface area contributed by atoms with Crippen molar-refractivity contribution in [2.45, 2.75) is 12.8 Å². The first-order valence-corrected chi connectivity index (χ1v) is 6.19. The molecular formula is C14H10ClF4NO. The Morgan fingerprint density at radius 3 is 2.48 bits per heavy atom. The highest BCUT2D eigenvalue weighted by molar-refractivity contribution is 6.32. The fraction of sp³-hybridized carbons (Fsp3) is 0.143. The van der Waals surface area contributed by atoms with Crippen LogP contribution in [0, 0.1) is 5.82 Å². The van der Waals surface area contributed by atoms with Crippen molar-refractivity contribution in [3.05, 3.63) is 58.4 Å². The van der Waals surface area contributed by atoms with Crippen LogP contribution in [0.15, 0.2) is 36.4 Å². The maximum absolute atomic E-state index is 13.5. The zero-order valence-electron chi connectivity index (χ0n) is 10.5. The van der Waals surface area contributed by atoms with E-state index >= 15 is 0 Å². The molecule has 0 unspecified atom stereocenters. The van der Waals surface area contributed by atoms with E-state index in [4.69, 9.17) is 22.1 Å². The molecule has 0 bridgehead atoms. The predicted molar refractivity (Wildman–Crippen MR) is 71.6 cm³/mol. The molecule has 0 atom stereocenters. The molecule has 0 saturated carbocycles. The minimum atomic E-state index is -4.58. The lowest BCUT2D eigenvalue weighted by atomic mass is 10.1. The first kappa shape index (κ1) is 15.4. The van der Waals surface area contributed by atoms with Crippen molar-refractivity contribution in [1.29, 1.82) is 0 Å². The molecule has 0 spiro atoms. The van der Waals surface area contributed by atoms with E-state index in [1.807, 2.05) is 0 Å². The van der Waals surface area contributed by atoms with Crippen molar-refractivity contribution in [1.82, 2.24) is 0 Å². The number of para-hydroxylation sites is 1. The minimum Gasteiger partial charge on any atom is -0.484 e. The van der Waals surface area contributed by atoms with Crippen molar-refractivity contribution < 1.29 is 22.3 Å². The van der Waals surface area contributed by atoms with Gasteiger partial charge in [0.15, 0.2) is 11.6 Å². The molecule has 2 nitrogen and oxygen atoms in total. The Labute approximate surface area is 123 Å². The van der Waals surface area contributed by atoms with Crippen LogP contribution in [0.4, 0.5) is 23.2 Å². The van der Waals surface area contributed by atoms with Gasteiger partial charge in [-0.15, -0.1) is 0 Å². The molecule has 0 aliphatic heterocycles.